The molecule has 1 heterocycles. The van der Waals surface area contributed by atoms with Gasteiger partial charge < -0.3 is 9.84 Å². The summed E-state index contributed by atoms with van der Waals surface area (Å²) in [5.74, 6) is 0.397. The first-order valence-electron chi connectivity index (χ1n) is 7.45. The normalized spacial score (nSPS) is 28.1. The number of ether oxygens (including phenoxy) is 1. The Hall–Kier alpha value is -1.06. The summed E-state index contributed by atoms with van der Waals surface area (Å²) in [5.41, 5.74) is 2.75. The molecule has 1 saturated heterocycles. The van der Waals surface area contributed by atoms with Gasteiger partial charge in [0, 0.05) is 18.6 Å². The van der Waals surface area contributed by atoms with Gasteiger partial charge in [-0.25, -0.2) is 0 Å². The summed E-state index contributed by atoms with van der Waals surface area (Å²) < 4.78 is 5.62. The third kappa shape index (κ3) is 2.49. The van der Waals surface area contributed by atoms with E-state index in [1.54, 1.807) is 0 Å². The highest BCUT2D eigenvalue weighted by Gasteiger charge is 2.32. The Morgan fingerprint density at radius 2 is 2.32 bits per heavy atom. The van der Waals surface area contributed by atoms with Crippen LogP contribution >= 0.6 is 0 Å². The largest absolute Gasteiger partial charge is 0.508 e. The number of rotatable bonds is 2. The lowest BCUT2D eigenvalue weighted by Crippen LogP contribution is -2.47. The highest BCUT2D eigenvalue weighted by atomic mass is 16.5. The minimum Gasteiger partial charge on any atom is -0.508 e. The van der Waals surface area contributed by atoms with Crippen molar-refractivity contribution in [2.75, 3.05) is 19.8 Å². The van der Waals surface area contributed by atoms with Gasteiger partial charge in [0.15, 0.2) is 0 Å². The molecule has 3 nitrogen and oxygen atoms in total. The number of phenols is 1. The molecule has 0 bridgehead atoms. The molecule has 2 aliphatic rings. The summed E-state index contributed by atoms with van der Waals surface area (Å²) >= 11 is 0. The molecule has 3 heteroatoms. The Bertz CT molecular complexity index is 446. The molecule has 2 atom stereocenters. The maximum atomic E-state index is 9.65. The van der Waals surface area contributed by atoms with E-state index in [4.69, 9.17) is 4.74 Å². The highest BCUT2D eigenvalue weighted by molar-refractivity contribution is 5.38. The molecule has 0 radical (unpaired) electrons. The van der Waals surface area contributed by atoms with Crippen LogP contribution in [0.25, 0.3) is 0 Å². The molecular formula is C16H23NO2. The Morgan fingerprint density at radius 1 is 1.42 bits per heavy atom. The fourth-order valence-electron chi connectivity index (χ4n) is 3.55. The minimum absolute atomic E-state index is 0.397. The summed E-state index contributed by atoms with van der Waals surface area (Å²) in [5, 5.41) is 9.65. The molecule has 1 aliphatic heterocycles. The maximum absolute atomic E-state index is 9.65. The lowest BCUT2D eigenvalue weighted by molar-refractivity contribution is -0.0341. The quantitative estimate of drug-likeness (QED) is 0.888. The Kier molecular flexibility index (Phi) is 3.76. The van der Waals surface area contributed by atoms with Crippen molar-refractivity contribution in [3.8, 4) is 5.75 Å². The highest BCUT2D eigenvalue weighted by Crippen LogP contribution is 2.37. The van der Waals surface area contributed by atoms with E-state index < -0.39 is 0 Å². The van der Waals surface area contributed by atoms with Gasteiger partial charge in [-0.15, -0.1) is 0 Å². The van der Waals surface area contributed by atoms with Crippen LogP contribution in [0.4, 0.5) is 0 Å². The molecule has 1 aromatic rings. The van der Waals surface area contributed by atoms with E-state index in [-0.39, 0.29) is 0 Å². The smallest absolute Gasteiger partial charge is 0.115 e. The number of morpholine rings is 1. The second-order valence-corrected chi connectivity index (χ2v) is 5.67. The number of nitrogens with zero attached hydrogens (tertiary/aromatic N) is 1. The molecule has 1 N–H and O–H groups in total. The first-order valence-corrected chi connectivity index (χ1v) is 7.45. The molecular weight excluding hydrogens is 238 g/mol. The molecule has 19 heavy (non-hydrogen) atoms. The Labute approximate surface area is 115 Å². The first-order chi connectivity index (χ1) is 9.29. The van der Waals surface area contributed by atoms with Gasteiger partial charge in [0.05, 0.1) is 13.2 Å². The van der Waals surface area contributed by atoms with Crippen LogP contribution in [-0.4, -0.2) is 35.8 Å². The molecule has 1 fully saturated rings. The molecule has 2 unspecified atom stereocenters. The van der Waals surface area contributed by atoms with E-state index in [0.29, 0.717) is 17.8 Å². The van der Waals surface area contributed by atoms with E-state index in [0.717, 1.165) is 32.6 Å². The van der Waals surface area contributed by atoms with Crippen LogP contribution in [0.1, 0.15) is 43.4 Å². The summed E-state index contributed by atoms with van der Waals surface area (Å²) in [6.07, 6.45) is 4.69. The average molecular weight is 261 g/mol. The molecule has 1 aromatic carbocycles. The van der Waals surface area contributed by atoms with Gasteiger partial charge in [0.1, 0.15) is 5.75 Å². The number of benzene rings is 1. The van der Waals surface area contributed by atoms with Crippen molar-refractivity contribution in [2.45, 2.75) is 44.7 Å². The molecule has 0 spiro atoms. The molecule has 104 valence electrons. The van der Waals surface area contributed by atoms with Crippen LogP contribution in [0.2, 0.25) is 0 Å². The molecule has 0 aromatic heterocycles. The van der Waals surface area contributed by atoms with Crippen LogP contribution < -0.4 is 0 Å². The Balaban J connectivity index is 1.89. The van der Waals surface area contributed by atoms with Crippen molar-refractivity contribution >= 4 is 0 Å². The number of phenolic OH excluding ortho intramolecular Hbond substituents is 1. The van der Waals surface area contributed by atoms with Crippen molar-refractivity contribution in [2.24, 2.45) is 0 Å². The fraction of sp³-hybridized carbons (Fsp3) is 0.625. The number of aryl methyl sites for hydroxylation is 1. The monoisotopic (exact) mass is 261 g/mol. The standard InChI is InChI=1S/C16H23NO2/c1-2-13-11-19-9-8-17(13)16-5-3-4-12-10-14(18)6-7-15(12)16/h6-7,10,13,16,18H,2-5,8-9,11H2,1H3. The SMILES string of the molecule is CCC1COCCN1C1CCCc2cc(O)ccc21. The van der Waals surface area contributed by atoms with Gasteiger partial charge >= 0.3 is 0 Å². The minimum atomic E-state index is 0.397. The number of aromatic hydroxyl groups is 1. The van der Waals surface area contributed by atoms with Crippen LogP contribution in [-0.2, 0) is 11.2 Å². The van der Waals surface area contributed by atoms with Gasteiger partial charge in [0.25, 0.3) is 0 Å². The van der Waals surface area contributed by atoms with Crippen LogP contribution in [0, 0.1) is 0 Å². The topological polar surface area (TPSA) is 32.7 Å². The zero-order valence-electron chi connectivity index (χ0n) is 11.6. The molecule has 0 saturated carbocycles. The lowest BCUT2D eigenvalue weighted by atomic mass is 9.85. The van der Waals surface area contributed by atoms with Crippen LogP contribution in [0.15, 0.2) is 18.2 Å². The van der Waals surface area contributed by atoms with Gasteiger partial charge in [0.2, 0.25) is 0 Å². The summed E-state index contributed by atoms with van der Waals surface area (Å²) in [4.78, 5) is 2.62. The van der Waals surface area contributed by atoms with E-state index in [9.17, 15) is 5.11 Å². The van der Waals surface area contributed by atoms with E-state index in [1.165, 1.54) is 24.0 Å². The zero-order valence-corrected chi connectivity index (χ0v) is 11.6. The zero-order chi connectivity index (χ0) is 13.2. The predicted molar refractivity (Wildman–Crippen MR) is 75.4 cm³/mol. The van der Waals surface area contributed by atoms with Crippen molar-refractivity contribution in [3.63, 3.8) is 0 Å². The molecule has 1 aliphatic carbocycles. The van der Waals surface area contributed by atoms with Gasteiger partial charge in [-0.05, 0) is 48.9 Å². The third-order valence-corrected chi connectivity index (χ3v) is 4.55. The first kappa shape index (κ1) is 12.9. The van der Waals surface area contributed by atoms with Crippen molar-refractivity contribution in [3.05, 3.63) is 29.3 Å². The van der Waals surface area contributed by atoms with E-state index in [2.05, 4.69) is 17.9 Å². The van der Waals surface area contributed by atoms with E-state index >= 15 is 0 Å². The number of hydrogen-bond acceptors (Lipinski definition) is 3. The predicted octanol–water partition coefficient (Wildman–Crippen LogP) is 2.88. The average Bonchev–Trinajstić information content (AvgIpc) is 2.46. The summed E-state index contributed by atoms with van der Waals surface area (Å²) in [6.45, 7) is 4.98. The van der Waals surface area contributed by atoms with Crippen molar-refractivity contribution < 1.29 is 9.84 Å². The van der Waals surface area contributed by atoms with Gasteiger partial charge in [-0.2, -0.15) is 0 Å². The van der Waals surface area contributed by atoms with Crippen molar-refractivity contribution in [1.82, 2.24) is 4.90 Å². The number of fused-ring (bicyclic) bond motifs is 1. The summed E-state index contributed by atoms with van der Waals surface area (Å²) in [6, 6.07) is 6.95. The third-order valence-electron chi connectivity index (χ3n) is 4.55. The second-order valence-electron chi connectivity index (χ2n) is 5.67. The van der Waals surface area contributed by atoms with Crippen molar-refractivity contribution in [1.29, 1.82) is 0 Å². The second kappa shape index (κ2) is 5.51. The van der Waals surface area contributed by atoms with Crippen LogP contribution in [0.3, 0.4) is 0 Å². The molecule has 0 amide bonds. The number of hydrogen-bond donors (Lipinski definition) is 1. The lowest BCUT2D eigenvalue weighted by Gasteiger charge is -2.43. The van der Waals surface area contributed by atoms with E-state index in [1.807, 2.05) is 12.1 Å². The molecule has 3 rings (SSSR count). The van der Waals surface area contributed by atoms with Gasteiger partial charge in [-0.1, -0.05) is 13.0 Å². The Morgan fingerprint density at radius 3 is 3.16 bits per heavy atom. The van der Waals surface area contributed by atoms with Gasteiger partial charge in [-0.3, -0.25) is 4.90 Å². The fourth-order valence-corrected chi connectivity index (χ4v) is 3.55. The maximum Gasteiger partial charge on any atom is 0.115 e. The summed E-state index contributed by atoms with van der Waals surface area (Å²) in [7, 11) is 0. The van der Waals surface area contributed by atoms with Crippen LogP contribution in [0.5, 0.6) is 5.75 Å².